The molecule has 94 valence electrons. The van der Waals surface area contributed by atoms with Crippen molar-refractivity contribution in [2.45, 2.75) is 26.4 Å². The monoisotopic (exact) mass is 257 g/mol. The lowest BCUT2D eigenvalue weighted by molar-refractivity contribution is -0.145. The van der Waals surface area contributed by atoms with E-state index in [4.69, 9.17) is 16.3 Å². The van der Waals surface area contributed by atoms with Gasteiger partial charge >= 0.3 is 5.97 Å². The van der Waals surface area contributed by atoms with Gasteiger partial charge in [0.1, 0.15) is 11.8 Å². The fraction of sp³-hybridized carbons (Fsp3) is 0.417. The van der Waals surface area contributed by atoms with Gasteiger partial charge in [-0.25, -0.2) is 0 Å². The summed E-state index contributed by atoms with van der Waals surface area (Å²) in [6.07, 6.45) is 0. The molecule has 0 saturated heterocycles. The Morgan fingerprint density at radius 2 is 2.29 bits per heavy atom. The topological polar surface area (TPSA) is 58.6 Å². The van der Waals surface area contributed by atoms with Crippen LogP contribution in [0.2, 0.25) is 5.02 Å². The molecule has 17 heavy (non-hydrogen) atoms. The minimum Gasteiger partial charge on any atom is -0.506 e. The number of halogens is 1. The molecule has 0 radical (unpaired) electrons. The minimum absolute atomic E-state index is 0.0499. The maximum absolute atomic E-state index is 11.3. The molecule has 0 spiro atoms. The number of aromatic hydroxyl groups is 1. The second-order valence-electron chi connectivity index (χ2n) is 3.64. The molecule has 0 heterocycles. The highest BCUT2D eigenvalue weighted by Crippen LogP contribution is 2.23. The third kappa shape index (κ3) is 4.24. The first-order valence-corrected chi connectivity index (χ1v) is 5.79. The van der Waals surface area contributed by atoms with E-state index in [9.17, 15) is 9.90 Å². The Morgan fingerprint density at radius 3 is 2.88 bits per heavy atom. The Hall–Kier alpha value is -1.26. The van der Waals surface area contributed by atoms with Crippen molar-refractivity contribution in [1.82, 2.24) is 5.32 Å². The van der Waals surface area contributed by atoms with Crippen LogP contribution in [0.4, 0.5) is 0 Å². The average Bonchev–Trinajstić information content (AvgIpc) is 2.30. The fourth-order valence-electron chi connectivity index (χ4n) is 1.28. The Kier molecular flexibility index (Phi) is 5.25. The molecule has 1 unspecified atom stereocenters. The van der Waals surface area contributed by atoms with E-state index < -0.39 is 0 Å². The van der Waals surface area contributed by atoms with Crippen molar-refractivity contribution in [3.05, 3.63) is 28.8 Å². The smallest absolute Gasteiger partial charge is 0.322 e. The SMILES string of the molecule is CCOC(=O)C(C)NCc1ccc(O)c(Cl)c1. The Bertz CT molecular complexity index is 395. The summed E-state index contributed by atoms with van der Waals surface area (Å²) in [4.78, 5) is 11.3. The molecule has 0 bridgehead atoms. The first-order chi connectivity index (χ1) is 8.04. The molecule has 0 fully saturated rings. The predicted octanol–water partition coefficient (Wildman–Crippen LogP) is 2.09. The van der Waals surface area contributed by atoms with E-state index >= 15 is 0 Å². The van der Waals surface area contributed by atoms with Crippen molar-refractivity contribution in [3.63, 3.8) is 0 Å². The summed E-state index contributed by atoms with van der Waals surface area (Å²) in [7, 11) is 0. The van der Waals surface area contributed by atoms with E-state index in [2.05, 4.69) is 5.32 Å². The second kappa shape index (κ2) is 6.47. The summed E-state index contributed by atoms with van der Waals surface area (Å²) in [5.74, 6) is -0.230. The molecule has 1 aromatic carbocycles. The lowest BCUT2D eigenvalue weighted by Crippen LogP contribution is -2.34. The number of benzene rings is 1. The van der Waals surface area contributed by atoms with E-state index in [1.807, 2.05) is 0 Å². The van der Waals surface area contributed by atoms with E-state index in [1.54, 1.807) is 26.0 Å². The zero-order valence-corrected chi connectivity index (χ0v) is 10.6. The van der Waals surface area contributed by atoms with Crippen LogP contribution in [0.1, 0.15) is 19.4 Å². The van der Waals surface area contributed by atoms with E-state index in [1.165, 1.54) is 6.07 Å². The van der Waals surface area contributed by atoms with Crippen molar-refractivity contribution in [2.24, 2.45) is 0 Å². The molecule has 0 aliphatic heterocycles. The highest BCUT2D eigenvalue weighted by molar-refractivity contribution is 6.32. The molecular formula is C12H16ClNO3. The van der Waals surface area contributed by atoms with Crippen LogP contribution in [0.5, 0.6) is 5.75 Å². The number of phenols is 1. The molecule has 0 aliphatic rings. The molecule has 1 atom stereocenters. The van der Waals surface area contributed by atoms with Crippen LogP contribution < -0.4 is 5.32 Å². The van der Waals surface area contributed by atoms with Gasteiger partial charge in [-0.15, -0.1) is 0 Å². The Labute approximate surface area is 106 Å². The van der Waals surface area contributed by atoms with Crippen LogP contribution in [0.15, 0.2) is 18.2 Å². The van der Waals surface area contributed by atoms with E-state index in [0.717, 1.165) is 5.56 Å². The summed E-state index contributed by atoms with van der Waals surface area (Å²) in [5.41, 5.74) is 0.893. The second-order valence-corrected chi connectivity index (χ2v) is 4.05. The maximum atomic E-state index is 11.3. The van der Waals surface area contributed by atoms with Crippen LogP contribution in [-0.2, 0) is 16.1 Å². The lowest BCUT2D eigenvalue weighted by Gasteiger charge is -2.12. The number of carbonyl (C=O) groups excluding carboxylic acids is 1. The van der Waals surface area contributed by atoms with Crippen LogP contribution >= 0.6 is 11.6 Å². The molecule has 1 aromatic rings. The van der Waals surface area contributed by atoms with E-state index in [0.29, 0.717) is 18.2 Å². The number of phenolic OH excluding ortho intramolecular Hbond substituents is 1. The number of esters is 1. The molecule has 1 rings (SSSR count). The number of rotatable bonds is 5. The number of hydrogen-bond acceptors (Lipinski definition) is 4. The largest absolute Gasteiger partial charge is 0.506 e. The molecule has 0 aliphatic carbocycles. The molecular weight excluding hydrogens is 242 g/mol. The highest BCUT2D eigenvalue weighted by Gasteiger charge is 2.12. The Morgan fingerprint density at radius 1 is 1.59 bits per heavy atom. The van der Waals surface area contributed by atoms with Gasteiger partial charge in [0.15, 0.2) is 0 Å². The van der Waals surface area contributed by atoms with Gasteiger partial charge in [-0.2, -0.15) is 0 Å². The molecule has 5 heteroatoms. The van der Waals surface area contributed by atoms with Gasteiger partial charge in [0.05, 0.1) is 11.6 Å². The van der Waals surface area contributed by atoms with Gasteiger partial charge in [0.25, 0.3) is 0 Å². The van der Waals surface area contributed by atoms with Crippen molar-refractivity contribution < 1.29 is 14.6 Å². The molecule has 4 nitrogen and oxygen atoms in total. The van der Waals surface area contributed by atoms with Gasteiger partial charge in [-0.3, -0.25) is 4.79 Å². The normalized spacial score (nSPS) is 12.2. The Balaban J connectivity index is 2.50. The average molecular weight is 258 g/mol. The third-order valence-corrected chi connectivity index (χ3v) is 2.57. The maximum Gasteiger partial charge on any atom is 0.322 e. The van der Waals surface area contributed by atoms with Gasteiger partial charge in [0.2, 0.25) is 0 Å². The highest BCUT2D eigenvalue weighted by atomic mass is 35.5. The molecule has 0 aromatic heterocycles. The van der Waals surface area contributed by atoms with Gasteiger partial charge < -0.3 is 15.2 Å². The molecule has 0 saturated carbocycles. The van der Waals surface area contributed by atoms with Crippen LogP contribution in [-0.4, -0.2) is 23.7 Å². The van der Waals surface area contributed by atoms with Gasteiger partial charge in [0, 0.05) is 6.54 Å². The standard InChI is InChI=1S/C12H16ClNO3/c1-3-17-12(16)8(2)14-7-9-4-5-11(15)10(13)6-9/h4-6,8,14-15H,3,7H2,1-2H3. The van der Waals surface area contributed by atoms with Crippen molar-refractivity contribution in [2.75, 3.05) is 6.61 Å². The molecule has 0 amide bonds. The van der Waals surface area contributed by atoms with Gasteiger partial charge in [-0.05, 0) is 31.5 Å². The first kappa shape index (κ1) is 13.8. The zero-order valence-electron chi connectivity index (χ0n) is 9.87. The lowest BCUT2D eigenvalue weighted by atomic mass is 10.2. The number of hydrogen-bond donors (Lipinski definition) is 2. The summed E-state index contributed by atoms with van der Waals surface area (Å²) in [6, 6.07) is 4.55. The summed E-state index contributed by atoms with van der Waals surface area (Å²) in [5, 5.41) is 12.6. The van der Waals surface area contributed by atoms with Crippen molar-refractivity contribution >= 4 is 17.6 Å². The van der Waals surface area contributed by atoms with Crippen LogP contribution in [0.3, 0.4) is 0 Å². The third-order valence-electron chi connectivity index (χ3n) is 2.26. The summed E-state index contributed by atoms with van der Waals surface area (Å²) >= 11 is 5.77. The summed E-state index contributed by atoms with van der Waals surface area (Å²) < 4.78 is 4.87. The zero-order chi connectivity index (χ0) is 12.8. The number of nitrogens with one attached hydrogen (secondary N) is 1. The van der Waals surface area contributed by atoms with E-state index in [-0.39, 0.29) is 17.8 Å². The summed E-state index contributed by atoms with van der Waals surface area (Å²) in [6.45, 7) is 4.36. The fourth-order valence-corrected chi connectivity index (χ4v) is 1.49. The van der Waals surface area contributed by atoms with Crippen LogP contribution in [0.25, 0.3) is 0 Å². The van der Waals surface area contributed by atoms with Crippen LogP contribution in [0, 0.1) is 0 Å². The van der Waals surface area contributed by atoms with Gasteiger partial charge in [-0.1, -0.05) is 17.7 Å². The number of ether oxygens (including phenoxy) is 1. The first-order valence-electron chi connectivity index (χ1n) is 5.42. The number of carbonyl (C=O) groups is 1. The molecule has 2 N–H and O–H groups in total. The minimum atomic E-state index is -0.373. The van der Waals surface area contributed by atoms with Crippen molar-refractivity contribution in [1.29, 1.82) is 0 Å². The van der Waals surface area contributed by atoms with Crippen molar-refractivity contribution in [3.8, 4) is 5.75 Å². The quantitative estimate of drug-likeness (QED) is 0.793. The predicted molar refractivity (Wildman–Crippen MR) is 66.1 cm³/mol.